The summed E-state index contributed by atoms with van der Waals surface area (Å²) in [5.74, 6) is -0.561. The predicted octanol–water partition coefficient (Wildman–Crippen LogP) is 2.18. The zero-order valence-electron chi connectivity index (χ0n) is 10.8. The van der Waals surface area contributed by atoms with Gasteiger partial charge >= 0.3 is 6.18 Å². The Morgan fingerprint density at radius 3 is 2.53 bits per heavy atom. The minimum absolute atomic E-state index is 0.0695. The summed E-state index contributed by atoms with van der Waals surface area (Å²) < 4.78 is 38.2. The quantitative estimate of drug-likeness (QED) is 0.864. The highest BCUT2D eigenvalue weighted by molar-refractivity contribution is 5.78. The van der Waals surface area contributed by atoms with Gasteiger partial charge in [-0.3, -0.25) is 4.79 Å². The van der Waals surface area contributed by atoms with Gasteiger partial charge in [0, 0.05) is 19.0 Å². The zero-order valence-corrected chi connectivity index (χ0v) is 10.8. The molecule has 1 rings (SSSR count). The zero-order chi connectivity index (χ0) is 14.5. The van der Waals surface area contributed by atoms with Crippen molar-refractivity contribution in [2.45, 2.75) is 19.6 Å². The van der Waals surface area contributed by atoms with Gasteiger partial charge in [-0.25, -0.2) is 0 Å². The fourth-order valence-electron chi connectivity index (χ4n) is 1.71. The lowest BCUT2D eigenvalue weighted by atomic mass is 10.1. The van der Waals surface area contributed by atoms with Crippen molar-refractivity contribution in [1.29, 1.82) is 0 Å². The van der Waals surface area contributed by atoms with Gasteiger partial charge < -0.3 is 10.6 Å². The van der Waals surface area contributed by atoms with Gasteiger partial charge in [0.25, 0.3) is 0 Å². The Hall–Kier alpha value is -1.56. The van der Waals surface area contributed by atoms with Crippen LogP contribution in [0.2, 0.25) is 0 Å². The van der Waals surface area contributed by atoms with Crippen LogP contribution in [0.15, 0.2) is 24.3 Å². The number of nitrogens with one attached hydrogen (secondary N) is 2. The van der Waals surface area contributed by atoms with Crippen molar-refractivity contribution in [3.8, 4) is 0 Å². The maximum Gasteiger partial charge on any atom is 0.416 e. The average molecular weight is 274 g/mol. The summed E-state index contributed by atoms with van der Waals surface area (Å²) in [5.41, 5.74) is -0.642. The average Bonchev–Trinajstić information content (AvgIpc) is 2.35. The van der Waals surface area contributed by atoms with E-state index in [1.807, 2.05) is 0 Å². The third-order valence-electron chi connectivity index (χ3n) is 2.73. The first-order chi connectivity index (χ1) is 8.86. The highest BCUT2D eigenvalue weighted by Crippen LogP contribution is 2.31. The second-order valence-corrected chi connectivity index (χ2v) is 4.33. The Morgan fingerprint density at radius 1 is 1.32 bits per heavy atom. The van der Waals surface area contributed by atoms with Crippen molar-refractivity contribution in [3.05, 3.63) is 35.4 Å². The lowest BCUT2D eigenvalue weighted by Gasteiger charge is -2.15. The van der Waals surface area contributed by atoms with Crippen molar-refractivity contribution in [3.63, 3.8) is 0 Å². The Morgan fingerprint density at radius 2 is 1.95 bits per heavy atom. The Balaban J connectivity index is 2.71. The van der Waals surface area contributed by atoms with E-state index in [0.29, 0.717) is 6.54 Å². The standard InChI is InChI=1S/C13H17F3N2O/c1-9(7-17-2)12(19)18-8-10-5-3-4-6-11(10)13(14,15)16/h3-6,9,17H,7-8H2,1-2H3,(H,18,19). The molecule has 3 nitrogen and oxygen atoms in total. The SMILES string of the molecule is CNCC(C)C(=O)NCc1ccccc1C(F)(F)F. The highest BCUT2D eigenvalue weighted by atomic mass is 19.4. The highest BCUT2D eigenvalue weighted by Gasteiger charge is 2.32. The molecule has 0 saturated heterocycles. The molecule has 0 saturated carbocycles. The largest absolute Gasteiger partial charge is 0.416 e. The van der Waals surface area contributed by atoms with Crippen molar-refractivity contribution in [2.75, 3.05) is 13.6 Å². The van der Waals surface area contributed by atoms with E-state index in [1.165, 1.54) is 18.2 Å². The van der Waals surface area contributed by atoms with Crippen molar-refractivity contribution >= 4 is 5.91 Å². The van der Waals surface area contributed by atoms with E-state index in [1.54, 1.807) is 14.0 Å². The first kappa shape index (κ1) is 15.5. The predicted molar refractivity (Wildman–Crippen MR) is 66.4 cm³/mol. The molecule has 0 spiro atoms. The molecule has 0 bridgehead atoms. The summed E-state index contributed by atoms with van der Waals surface area (Å²) in [6.07, 6.45) is -4.40. The molecule has 19 heavy (non-hydrogen) atoms. The summed E-state index contributed by atoms with van der Waals surface area (Å²) in [4.78, 5) is 11.6. The van der Waals surface area contributed by atoms with Crippen LogP contribution in [0.3, 0.4) is 0 Å². The van der Waals surface area contributed by atoms with E-state index in [-0.39, 0.29) is 23.9 Å². The van der Waals surface area contributed by atoms with Gasteiger partial charge in [0.2, 0.25) is 5.91 Å². The van der Waals surface area contributed by atoms with Crippen molar-refractivity contribution in [1.82, 2.24) is 10.6 Å². The van der Waals surface area contributed by atoms with Gasteiger partial charge in [0.15, 0.2) is 0 Å². The Kier molecular flexibility index (Phi) is 5.35. The third kappa shape index (κ3) is 4.55. The first-order valence-electron chi connectivity index (χ1n) is 5.93. The lowest BCUT2D eigenvalue weighted by molar-refractivity contribution is -0.138. The number of rotatable bonds is 5. The summed E-state index contributed by atoms with van der Waals surface area (Å²) in [6.45, 7) is 2.07. The van der Waals surface area contributed by atoms with Crippen LogP contribution in [0.5, 0.6) is 0 Å². The number of carbonyl (C=O) groups excluding carboxylic acids is 1. The summed E-state index contributed by atoms with van der Waals surface area (Å²) in [6, 6.07) is 5.23. The van der Waals surface area contributed by atoms with Gasteiger partial charge in [-0.15, -0.1) is 0 Å². The van der Waals surface area contributed by atoms with Gasteiger partial charge in [-0.2, -0.15) is 13.2 Å². The van der Waals surface area contributed by atoms with Crippen LogP contribution in [0, 0.1) is 5.92 Å². The van der Waals surface area contributed by atoms with Crippen LogP contribution in [-0.4, -0.2) is 19.5 Å². The molecule has 1 atom stereocenters. The topological polar surface area (TPSA) is 41.1 Å². The van der Waals surface area contributed by atoms with E-state index < -0.39 is 11.7 Å². The maximum absolute atomic E-state index is 12.7. The molecular formula is C13H17F3N2O. The molecule has 106 valence electrons. The molecule has 1 amide bonds. The second kappa shape index (κ2) is 6.56. The molecule has 2 N–H and O–H groups in total. The smallest absolute Gasteiger partial charge is 0.352 e. The van der Waals surface area contributed by atoms with Crippen LogP contribution in [0.1, 0.15) is 18.1 Å². The number of amides is 1. The minimum atomic E-state index is -4.40. The van der Waals surface area contributed by atoms with E-state index in [9.17, 15) is 18.0 Å². The molecule has 0 radical (unpaired) electrons. The van der Waals surface area contributed by atoms with Gasteiger partial charge in [0.05, 0.1) is 5.56 Å². The molecular weight excluding hydrogens is 257 g/mol. The molecule has 1 unspecified atom stereocenters. The molecule has 1 aromatic rings. The van der Waals surface area contributed by atoms with E-state index in [2.05, 4.69) is 10.6 Å². The Bertz CT molecular complexity index is 432. The van der Waals surface area contributed by atoms with Gasteiger partial charge in [-0.05, 0) is 18.7 Å². The minimum Gasteiger partial charge on any atom is -0.352 e. The summed E-state index contributed by atoms with van der Waals surface area (Å²) in [5, 5.41) is 5.36. The number of benzene rings is 1. The molecule has 0 aromatic heterocycles. The molecule has 1 aromatic carbocycles. The first-order valence-corrected chi connectivity index (χ1v) is 5.93. The van der Waals surface area contributed by atoms with Crippen LogP contribution in [-0.2, 0) is 17.5 Å². The fraction of sp³-hybridized carbons (Fsp3) is 0.462. The van der Waals surface area contributed by atoms with E-state index in [4.69, 9.17) is 0 Å². The number of hydrogen-bond acceptors (Lipinski definition) is 2. The summed E-state index contributed by atoms with van der Waals surface area (Å²) >= 11 is 0. The van der Waals surface area contributed by atoms with Gasteiger partial charge in [0.1, 0.15) is 0 Å². The molecule has 6 heteroatoms. The fourth-order valence-corrected chi connectivity index (χ4v) is 1.71. The van der Waals surface area contributed by atoms with E-state index >= 15 is 0 Å². The second-order valence-electron chi connectivity index (χ2n) is 4.33. The number of carbonyl (C=O) groups is 1. The third-order valence-corrected chi connectivity index (χ3v) is 2.73. The van der Waals surface area contributed by atoms with Crippen LogP contribution >= 0.6 is 0 Å². The van der Waals surface area contributed by atoms with E-state index in [0.717, 1.165) is 6.07 Å². The molecule has 0 aliphatic heterocycles. The number of hydrogen-bond donors (Lipinski definition) is 2. The van der Waals surface area contributed by atoms with Crippen molar-refractivity contribution < 1.29 is 18.0 Å². The molecule has 0 fully saturated rings. The summed E-state index contributed by atoms with van der Waals surface area (Å²) in [7, 11) is 1.71. The number of alkyl halides is 3. The molecule has 0 heterocycles. The van der Waals surface area contributed by atoms with Crippen LogP contribution < -0.4 is 10.6 Å². The van der Waals surface area contributed by atoms with Gasteiger partial charge in [-0.1, -0.05) is 25.1 Å². The van der Waals surface area contributed by atoms with Crippen LogP contribution in [0.25, 0.3) is 0 Å². The molecule has 0 aliphatic rings. The monoisotopic (exact) mass is 274 g/mol. The normalized spacial score (nSPS) is 13.1. The Labute approximate surface area is 110 Å². The number of halogens is 3. The lowest BCUT2D eigenvalue weighted by Crippen LogP contribution is -2.34. The van der Waals surface area contributed by atoms with Crippen molar-refractivity contribution in [2.24, 2.45) is 5.92 Å². The van der Waals surface area contributed by atoms with Crippen LogP contribution in [0.4, 0.5) is 13.2 Å². The molecule has 0 aliphatic carbocycles. The maximum atomic E-state index is 12.7.